The number of amides is 2. The van der Waals surface area contributed by atoms with Crippen molar-refractivity contribution in [3.8, 4) is 0 Å². The van der Waals surface area contributed by atoms with Gasteiger partial charge in [0.1, 0.15) is 5.69 Å². The van der Waals surface area contributed by atoms with Crippen LogP contribution in [0, 0.1) is 19.8 Å². The summed E-state index contributed by atoms with van der Waals surface area (Å²) in [5, 5.41) is 2.84. The molecule has 0 aromatic carbocycles. The molecule has 1 fully saturated rings. The first-order valence-electron chi connectivity index (χ1n) is 9.32. The van der Waals surface area contributed by atoms with Gasteiger partial charge in [-0.25, -0.2) is 4.79 Å². The normalized spacial score (nSPS) is 16.9. The van der Waals surface area contributed by atoms with E-state index in [0.29, 0.717) is 48.8 Å². The SMILES string of the molecule is CCOC(=O)c1c(C)[nH]c(C(=O)N2CCCC(C(=O)NCCOC)C2)c1C. The molecule has 1 atom stereocenters. The second kappa shape index (κ2) is 9.55. The molecule has 2 amide bonds. The second-order valence-electron chi connectivity index (χ2n) is 6.72. The van der Waals surface area contributed by atoms with Crippen LogP contribution in [0.3, 0.4) is 0 Å². The Labute approximate surface area is 159 Å². The standard InChI is InChI=1S/C19H29N3O5/c1-5-27-19(25)15-12(2)16(21-13(15)3)18(24)22-9-6-7-14(11-22)17(23)20-8-10-26-4/h14,21H,5-11H2,1-4H3,(H,20,23). The van der Waals surface area contributed by atoms with E-state index in [9.17, 15) is 14.4 Å². The van der Waals surface area contributed by atoms with Gasteiger partial charge in [0.25, 0.3) is 5.91 Å². The molecular weight excluding hydrogens is 350 g/mol. The third-order valence-electron chi connectivity index (χ3n) is 4.82. The van der Waals surface area contributed by atoms with Gasteiger partial charge in [-0.15, -0.1) is 0 Å². The number of nitrogens with one attached hydrogen (secondary N) is 2. The minimum Gasteiger partial charge on any atom is -0.462 e. The molecule has 1 aliphatic heterocycles. The molecule has 8 nitrogen and oxygen atoms in total. The van der Waals surface area contributed by atoms with Gasteiger partial charge in [-0.3, -0.25) is 9.59 Å². The molecule has 1 saturated heterocycles. The highest BCUT2D eigenvalue weighted by Crippen LogP contribution is 2.23. The van der Waals surface area contributed by atoms with Crippen molar-refractivity contribution in [1.29, 1.82) is 0 Å². The van der Waals surface area contributed by atoms with Gasteiger partial charge >= 0.3 is 5.97 Å². The van der Waals surface area contributed by atoms with Crippen molar-refractivity contribution in [1.82, 2.24) is 15.2 Å². The predicted octanol–water partition coefficient (Wildman–Crippen LogP) is 1.42. The number of hydrogen-bond acceptors (Lipinski definition) is 5. The number of esters is 1. The smallest absolute Gasteiger partial charge is 0.340 e. The van der Waals surface area contributed by atoms with E-state index in [1.807, 2.05) is 0 Å². The molecule has 2 rings (SSSR count). The van der Waals surface area contributed by atoms with Crippen LogP contribution >= 0.6 is 0 Å². The predicted molar refractivity (Wildman–Crippen MR) is 99.7 cm³/mol. The van der Waals surface area contributed by atoms with Gasteiger partial charge in [-0.2, -0.15) is 0 Å². The van der Waals surface area contributed by atoms with Crippen LogP contribution in [0.5, 0.6) is 0 Å². The summed E-state index contributed by atoms with van der Waals surface area (Å²) in [7, 11) is 1.58. The third-order valence-corrected chi connectivity index (χ3v) is 4.82. The summed E-state index contributed by atoms with van der Waals surface area (Å²) in [5.74, 6) is -0.922. The molecule has 0 aliphatic carbocycles. The molecule has 0 radical (unpaired) electrons. The number of likely N-dealkylation sites (tertiary alicyclic amines) is 1. The Morgan fingerprint density at radius 3 is 2.70 bits per heavy atom. The quantitative estimate of drug-likeness (QED) is 0.551. The van der Waals surface area contributed by atoms with E-state index in [2.05, 4.69) is 10.3 Å². The largest absolute Gasteiger partial charge is 0.462 e. The average molecular weight is 379 g/mol. The summed E-state index contributed by atoms with van der Waals surface area (Å²) >= 11 is 0. The van der Waals surface area contributed by atoms with Crippen LogP contribution in [0.1, 0.15) is 51.9 Å². The van der Waals surface area contributed by atoms with Gasteiger partial charge in [-0.05, 0) is 39.2 Å². The van der Waals surface area contributed by atoms with Crippen molar-refractivity contribution in [2.24, 2.45) is 5.92 Å². The maximum Gasteiger partial charge on any atom is 0.340 e. The van der Waals surface area contributed by atoms with Gasteiger partial charge in [0.15, 0.2) is 0 Å². The number of methoxy groups -OCH3 is 1. The minimum atomic E-state index is -0.433. The number of nitrogens with zero attached hydrogens (tertiary/aromatic N) is 1. The lowest BCUT2D eigenvalue weighted by Crippen LogP contribution is -2.46. The topological polar surface area (TPSA) is 101 Å². The van der Waals surface area contributed by atoms with Crippen molar-refractivity contribution in [3.63, 3.8) is 0 Å². The van der Waals surface area contributed by atoms with E-state index in [1.54, 1.807) is 32.8 Å². The first-order valence-corrected chi connectivity index (χ1v) is 9.32. The van der Waals surface area contributed by atoms with Crippen LogP contribution in [0.2, 0.25) is 0 Å². The molecule has 2 N–H and O–H groups in total. The van der Waals surface area contributed by atoms with Crippen molar-refractivity contribution < 1.29 is 23.9 Å². The highest BCUT2D eigenvalue weighted by atomic mass is 16.5. The van der Waals surface area contributed by atoms with E-state index in [4.69, 9.17) is 9.47 Å². The Bertz CT molecular complexity index is 698. The maximum absolute atomic E-state index is 13.0. The number of aromatic amines is 1. The summed E-state index contributed by atoms with van der Waals surface area (Å²) < 4.78 is 10.0. The fraction of sp³-hybridized carbons (Fsp3) is 0.632. The summed E-state index contributed by atoms with van der Waals surface area (Å²) in [6.45, 7) is 7.37. The Morgan fingerprint density at radius 1 is 1.30 bits per heavy atom. The average Bonchev–Trinajstić information content (AvgIpc) is 2.95. The molecule has 1 aromatic heterocycles. The molecule has 0 saturated carbocycles. The van der Waals surface area contributed by atoms with E-state index in [-0.39, 0.29) is 24.3 Å². The molecule has 0 bridgehead atoms. The van der Waals surface area contributed by atoms with Gasteiger partial charge in [0.2, 0.25) is 5.91 Å². The molecule has 27 heavy (non-hydrogen) atoms. The molecule has 1 aliphatic rings. The molecule has 1 unspecified atom stereocenters. The van der Waals surface area contributed by atoms with E-state index in [1.165, 1.54) is 0 Å². The highest BCUT2D eigenvalue weighted by Gasteiger charge is 2.31. The Kier molecular flexibility index (Phi) is 7.41. The fourth-order valence-electron chi connectivity index (χ4n) is 3.43. The van der Waals surface area contributed by atoms with Gasteiger partial charge in [0.05, 0.1) is 24.7 Å². The third kappa shape index (κ3) is 4.88. The summed E-state index contributed by atoms with van der Waals surface area (Å²) in [5.41, 5.74) is 1.99. The zero-order chi connectivity index (χ0) is 20.0. The minimum absolute atomic E-state index is 0.0591. The van der Waals surface area contributed by atoms with Crippen LogP contribution in [0.15, 0.2) is 0 Å². The van der Waals surface area contributed by atoms with Crippen molar-refractivity contribution in [2.75, 3.05) is 40.0 Å². The molecular formula is C19H29N3O5. The molecule has 2 heterocycles. The monoisotopic (exact) mass is 379 g/mol. The second-order valence-corrected chi connectivity index (χ2v) is 6.72. The number of aryl methyl sites for hydroxylation is 1. The van der Waals surface area contributed by atoms with Crippen LogP contribution < -0.4 is 5.32 Å². The van der Waals surface area contributed by atoms with Crippen LogP contribution in [-0.2, 0) is 14.3 Å². The van der Waals surface area contributed by atoms with Crippen LogP contribution in [0.4, 0.5) is 0 Å². The molecule has 1 aromatic rings. The van der Waals surface area contributed by atoms with Crippen molar-refractivity contribution in [3.05, 3.63) is 22.5 Å². The number of ether oxygens (including phenoxy) is 2. The molecule has 0 spiro atoms. The number of rotatable bonds is 7. The molecule has 8 heteroatoms. The number of hydrogen-bond donors (Lipinski definition) is 2. The fourth-order valence-corrected chi connectivity index (χ4v) is 3.43. The summed E-state index contributed by atoms with van der Waals surface area (Å²) in [4.78, 5) is 42.1. The van der Waals surface area contributed by atoms with Crippen LogP contribution in [-0.4, -0.2) is 67.6 Å². The zero-order valence-electron chi connectivity index (χ0n) is 16.5. The molecule has 150 valence electrons. The van der Waals surface area contributed by atoms with Crippen molar-refractivity contribution in [2.45, 2.75) is 33.6 Å². The lowest BCUT2D eigenvalue weighted by Gasteiger charge is -2.32. The lowest BCUT2D eigenvalue weighted by atomic mass is 9.96. The van der Waals surface area contributed by atoms with Crippen LogP contribution in [0.25, 0.3) is 0 Å². The summed E-state index contributed by atoms with van der Waals surface area (Å²) in [6.07, 6.45) is 1.51. The van der Waals surface area contributed by atoms with Gasteiger partial charge in [0, 0.05) is 32.4 Å². The number of H-pyrrole nitrogens is 1. The number of piperidine rings is 1. The first-order chi connectivity index (χ1) is 12.9. The number of carbonyl (C=O) groups is 3. The van der Waals surface area contributed by atoms with Gasteiger partial charge < -0.3 is 24.7 Å². The van der Waals surface area contributed by atoms with E-state index < -0.39 is 5.97 Å². The highest BCUT2D eigenvalue weighted by molar-refractivity contribution is 6.00. The van der Waals surface area contributed by atoms with E-state index >= 15 is 0 Å². The Balaban J connectivity index is 2.10. The van der Waals surface area contributed by atoms with Crippen molar-refractivity contribution >= 4 is 17.8 Å². The van der Waals surface area contributed by atoms with E-state index in [0.717, 1.165) is 12.8 Å². The Hall–Kier alpha value is -2.35. The zero-order valence-corrected chi connectivity index (χ0v) is 16.5. The van der Waals surface area contributed by atoms with Gasteiger partial charge in [-0.1, -0.05) is 0 Å². The maximum atomic E-state index is 13.0. The number of carbonyl (C=O) groups excluding carboxylic acids is 3. The number of aromatic nitrogens is 1. The Morgan fingerprint density at radius 2 is 2.04 bits per heavy atom. The first kappa shape index (κ1) is 21.0. The summed E-state index contributed by atoms with van der Waals surface area (Å²) in [6, 6.07) is 0. The lowest BCUT2D eigenvalue weighted by molar-refractivity contribution is -0.126.